The minimum atomic E-state index is -4.10. The Bertz CT molecular complexity index is 561. The smallest absolute Gasteiger partial charge is 0.442 e. The number of alkyl halides is 3. The summed E-state index contributed by atoms with van der Waals surface area (Å²) in [5.74, 6) is -1.45. The van der Waals surface area contributed by atoms with Crippen LogP contribution in [0.3, 0.4) is 0 Å². The molecule has 0 saturated carbocycles. The van der Waals surface area contributed by atoms with Gasteiger partial charge in [0.2, 0.25) is 0 Å². The fraction of sp³-hybridized carbons (Fsp3) is 0.429. The summed E-state index contributed by atoms with van der Waals surface area (Å²) in [5, 5.41) is 0. The van der Waals surface area contributed by atoms with Gasteiger partial charge in [0.15, 0.2) is 11.5 Å². The Balaban J connectivity index is 1.93. The summed E-state index contributed by atoms with van der Waals surface area (Å²) in [5.41, 5.74) is 0.906. The van der Waals surface area contributed by atoms with Gasteiger partial charge in [0, 0.05) is 0 Å². The first kappa shape index (κ1) is 15.0. The van der Waals surface area contributed by atoms with Crippen LogP contribution in [0, 0.1) is 0 Å². The molecule has 0 amide bonds. The molecule has 1 aromatic rings. The standard InChI is InChI=1S/C14H13F3O2S2/c1-2-13(15)14(16,17)19-10-5-4-9(8-11(10)18-13)12-20-6-3-7-21-12/h2,4-5,8,12H,1,3,6-7H2. The van der Waals surface area contributed by atoms with Crippen molar-refractivity contribution in [1.82, 2.24) is 0 Å². The average molecular weight is 334 g/mol. The topological polar surface area (TPSA) is 18.5 Å². The van der Waals surface area contributed by atoms with E-state index in [4.69, 9.17) is 4.74 Å². The van der Waals surface area contributed by atoms with Gasteiger partial charge in [0.1, 0.15) is 0 Å². The summed E-state index contributed by atoms with van der Waals surface area (Å²) in [6, 6.07) is 4.68. The highest BCUT2D eigenvalue weighted by atomic mass is 32.2. The Labute approximate surface area is 129 Å². The lowest BCUT2D eigenvalue weighted by atomic mass is 10.1. The van der Waals surface area contributed by atoms with Crippen LogP contribution in [0.1, 0.15) is 16.6 Å². The van der Waals surface area contributed by atoms with Crippen LogP contribution in [0.25, 0.3) is 0 Å². The average Bonchev–Trinajstić information content (AvgIpc) is 2.48. The van der Waals surface area contributed by atoms with E-state index in [0.29, 0.717) is 6.08 Å². The number of hydrogen-bond donors (Lipinski definition) is 0. The lowest BCUT2D eigenvalue weighted by molar-refractivity contribution is -0.319. The second kappa shape index (κ2) is 5.35. The normalized spacial score (nSPS) is 28.1. The van der Waals surface area contributed by atoms with Gasteiger partial charge in [-0.3, -0.25) is 0 Å². The predicted octanol–water partition coefficient (Wildman–Crippen LogP) is 4.77. The second-order valence-electron chi connectivity index (χ2n) is 4.70. The molecular weight excluding hydrogens is 321 g/mol. The van der Waals surface area contributed by atoms with E-state index < -0.39 is 12.0 Å². The van der Waals surface area contributed by atoms with Gasteiger partial charge in [0.25, 0.3) is 0 Å². The highest BCUT2D eigenvalue weighted by molar-refractivity contribution is 8.16. The molecule has 2 heterocycles. The maximum Gasteiger partial charge on any atom is 0.475 e. The van der Waals surface area contributed by atoms with Crippen LogP contribution in [0.5, 0.6) is 11.5 Å². The van der Waals surface area contributed by atoms with Crippen molar-refractivity contribution < 1.29 is 22.6 Å². The largest absolute Gasteiger partial charge is 0.475 e. The van der Waals surface area contributed by atoms with Crippen molar-refractivity contribution >= 4 is 23.5 Å². The zero-order valence-corrected chi connectivity index (χ0v) is 12.6. The van der Waals surface area contributed by atoms with Gasteiger partial charge >= 0.3 is 12.0 Å². The molecule has 7 heteroatoms. The summed E-state index contributed by atoms with van der Waals surface area (Å²) in [6.07, 6.45) is -2.53. The molecule has 0 radical (unpaired) electrons. The molecule has 114 valence electrons. The van der Waals surface area contributed by atoms with E-state index in [9.17, 15) is 13.2 Å². The van der Waals surface area contributed by atoms with Crippen molar-refractivity contribution in [2.24, 2.45) is 0 Å². The molecule has 1 atom stereocenters. The number of rotatable bonds is 2. The fourth-order valence-electron chi connectivity index (χ4n) is 2.10. The lowest BCUT2D eigenvalue weighted by Gasteiger charge is -2.36. The number of hydrogen-bond acceptors (Lipinski definition) is 4. The number of benzene rings is 1. The molecule has 0 spiro atoms. The Kier molecular flexibility index (Phi) is 3.81. The van der Waals surface area contributed by atoms with Crippen LogP contribution in [0.4, 0.5) is 13.2 Å². The Hall–Kier alpha value is -0.950. The molecule has 1 unspecified atom stereocenters. The summed E-state index contributed by atoms with van der Waals surface area (Å²) in [4.78, 5) is 0. The van der Waals surface area contributed by atoms with Gasteiger partial charge in [-0.25, -0.2) is 0 Å². The first-order valence-corrected chi connectivity index (χ1v) is 8.50. The first-order chi connectivity index (χ1) is 9.95. The third-order valence-electron chi connectivity index (χ3n) is 3.22. The van der Waals surface area contributed by atoms with Crippen LogP contribution in [0.15, 0.2) is 30.9 Å². The van der Waals surface area contributed by atoms with Crippen molar-refractivity contribution in [3.8, 4) is 11.5 Å². The molecule has 1 saturated heterocycles. The highest BCUT2D eigenvalue weighted by Gasteiger charge is 2.62. The van der Waals surface area contributed by atoms with Crippen molar-refractivity contribution in [1.29, 1.82) is 0 Å². The predicted molar refractivity (Wildman–Crippen MR) is 79.0 cm³/mol. The Morgan fingerprint density at radius 2 is 1.86 bits per heavy atom. The van der Waals surface area contributed by atoms with Crippen LogP contribution < -0.4 is 9.47 Å². The third-order valence-corrected chi connectivity index (χ3v) is 6.24. The molecule has 0 N–H and O–H groups in total. The molecular formula is C14H13F3O2S2. The zero-order valence-electron chi connectivity index (χ0n) is 11.0. The van der Waals surface area contributed by atoms with Gasteiger partial charge in [-0.1, -0.05) is 12.6 Å². The van der Waals surface area contributed by atoms with E-state index in [2.05, 4.69) is 11.3 Å². The van der Waals surface area contributed by atoms with Gasteiger partial charge in [-0.2, -0.15) is 13.2 Å². The van der Waals surface area contributed by atoms with Crippen LogP contribution >= 0.6 is 23.5 Å². The van der Waals surface area contributed by atoms with Crippen molar-refractivity contribution in [3.05, 3.63) is 36.4 Å². The molecule has 21 heavy (non-hydrogen) atoms. The molecule has 3 rings (SSSR count). The van der Waals surface area contributed by atoms with E-state index in [1.165, 1.54) is 6.07 Å². The number of thioether (sulfide) groups is 2. The van der Waals surface area contributed by atoms with E-state index in [1.807, 2.05) is 0 Å². The van der Waals surface area contributed by atoms with Crippen molar-refractivity contribution in [2.75, 3.05) is 11.5 Å². The molecule has 0 aromatic heterocycles. The quantitative estimate of drug-likeness (QED) is 0.725. The molecule has 1 aromatic carbocycles. The molecule has 0 aliphatic carbocycles. The molecule has 2 aliphatic heterocycles. The molecule has 0 bridgehead atoms. The summed E-state index contributed by atoms with van der Waals surface area (Å²) < 4.78 is 50.8. The van der Waals surface area contributed by atoms with Crippen LogP contribution in [-0.2, 0) is 0 Å². The summed E-state index contributed by atoms with van der Waals surface area (Å²) >= 11 is 3.55. The Morgan fingerprint density at radius 3 is 2.52 bits per heavy atom. The fourth-order valence-corrected chi connectivity index (χ4v) is 4.98. The second-order valence-corrected chi connectivity index (χ2v) is 7.43. The minimum absolute atomic E-state index is 0.0207. The van der Waals surface area contributed by atoms with Gasteiger partial charge < -0.3 is 9.47 Å². The Morgan fingerprint density at radius 1 is 1.14 bits per heavy atom. The lowest BCUT2D eigenvalue weighted by Crippen LogP contribution is -2.53. The maximum atomic E-state index is 14.1. The van der Waals surface area contributed by atoms with E-state index in [0.717, 1.165) is 23.5 Å². The molecule has 2 nitrogen and oxygen atoms in total. The zero-order chi connectivity index (χ0) is 15.1. The number of halogens is 3. The summed E-state index contributed by atoms with van der Waals surface area (Å²) in [7, 11) is 0. The van der Waals surface area contributed by atoms with Crippen LogP contribution in [-0.4, -0.2) is 23.5 Å². The SMILES string of the molecule is C=CC1(F)Oc2cc(C3SCCCS3)ccc2OC1(F)F. The minimum Gasteiger partial charge on any atom is -0.442 e. The summed E-state index contributed by atoms with van der Waals surface area (Å²) in [6.45, 7) is 3.07. The maximum absolute atomic E-state index is 14.1. The highest BCUT2D eigenvalue weighted by Crippen LogP contribution is 2.50. The van der Waals surface area contributed by atoms with Crippen LogP contribution in [0.2, 0.25) is 0 Å². The molecule has 1 fully saturated rings. The van der Waals surface area contributed by atoms with Gasteiger partial charge in [-0.15, -0.1) is 23.5 Å². The number of fused-ring (bicyclic) bond motifs is 1. The van der Waals surface area contributed by atoms with Crippen molar-refractivity contribution in [2.45, 2.75) is 23.0 Å². The first-order valence-electron chi connectivity index (χ1n) is 6.41. The van der Waals surface area contributed by atoms with E-state index in [1.54, 1.807) is 35.7 Å². The number of ether oxygens (including phenoxy) is 2. The van der Waals surface area contributed by atoms with Gasteiger partial charge in [0.05, 0.1) is 4.58 Å². The van der Waals surface area contributed by atoms with E-state index in [-0.39, 0.29) is 16.1 Å². The van der Waals surface area contributed by atoms with Gasteiger partial charge in [-0.05, 0) is 41.7 Å². The van der Waals surface area contributed by atoms with E-state index >= 15 is 0 Å². The monoisotopic (exact) mass is 334 g/mol. The molecule has 2 aliphatic rings. The third kappa shape index (κ3) is 2.61. The van der Waals surface area contributed by atoms with Crippen molar-refractivity contribution in [3.63, 3.8) is 0 Å².